The van der Waals surface area contributed by atoms with Gasteiger partial charge < -0.3 is 4.74 Å². The molecular formula is C12H12O2. The van der Waals surface area contributed by atoms with Gasteiger partial charge in [0.25, 0.3) is 0 Å². The number of ketones is 1. The summed E-state index contributed by atoms with van der Waals surface area (Å²) in [5.74, 6) is 2.12. The van der Waals surface area contributed by atoms with E-state index in [1.165, 1.54) is 6.42 Å². The summed E-state index contributed by atoms with van der Waals surface area (Å²) in [5, 5.41) is 0. The van der Waals surface area contributed by atoms with Crippen LogP contribution in [0.4, 0.5) is 0 Å². The molecule has 72 valence electrons. The average Bonchev–Trinajstić information content (AvgIpc) is 2.68. The zero-order valence-corrected chi connectivity index (χ0v) is 7.85. The second-order valence-electron chi connectivity index (χ2n) is 4.98. The summed E-state index contributed by atoms with van der Waals surface area (Å²) in [7, 11) is 0. The van der Waals surface area contributed by atoms with Crippen molar-refractivity contribution in [2.24, 2.45) is 23.7 Å². The monoisotopic (exact) mass is 188 g/mol. The minimum absolute atomic E-state index is 0.0389. The highest BCUT2D eigenvalue weighted by atomic mass is 16.6. The Kier molecular flexibility index (Phi) is 1.08. The Morgan fingerprint density at radius 2 is 2.14 bits per heavy atom. The number of ether oxygens (including phenoxy) is 1. The molecule has 0 radical (unpaired) electrons. The van der Waals surface area contributed by atoms with Gasteiger partial charge in [-0.3, -0.25) is 4.79 Å². The highest BCUT2D eigenvalue weighted by molar-refractivity contribution is 5.94. The predicted molar refractivity (Wildman–Crippen MR) is 50.5 cm³/mol. The van der Waals surface area contributed by atoms with Crippen molar-refractivity contribution >= 4 is 5.78 Å². The first-order valence-electron chi connectivity index (χ1n) is 5.36. The second kappa shape index (κ2) is 2.03. The molecule has 1 saturated heterocycles. The van der Waals surface area contributed by atoms with E-state index in [1.54, 1.807) is 6.08 Å². The van der Waals surface area contributed by atoms with Gasteiger partial charge >= 0.3 is 0 Å². The number of hydrogen-bond donors (Lipinski definition) is 0. The molecule has 1 aliphatic heterocycles. The van der Waals surface area contributed by atoms with E-state index in [0.717, 1.165) is 6.61 Å². The Labute approximate surface area is 82.6 Å². The molecule has 14 heavy (non-hydrogen) atoms. The van der Waals surface area contributed by atoms with Crippen molar-refractivity contribution < 1.29 is 9.53 Å². The molecule has 4 rings (SSSR count). The molecule has 3 aliphatic carbocycles. The molecule has 0 aromatic rings. The van der Waals surface area contributed by atoms with Gasteiger partial charge in [0.1, 0.15) is 5.60 Å². The molecule has 2 nitrogen and oxygen atoms in total. The Balaban J connectivity index is 1.87. The number of fused-ring (bicyclic) bond motifs is 6. The smallest absolute Gasteiger partial charge is 0.159 e. The van der Waals surface area contributed by atoms with Gasteiger partial charge in [-0.05, 0) is 30.4 Å². The van der Waals surface area contributed by atoms with Crippen LogP contribution in [0.2, 0.25) is 0 Å². The van der Waals surface area contributed by atoms with E-state index >= 15 is 0 Å². The number of hydrogen-bond acceptors (Lipinski definition) is 2. The lowest BCUT2D eigenvalue weighted by molar-refractivity contribution is -0.121. The normalized spacial score (nSPS) is 57.0. The first-order valence-corrected chi connectivity index (χ1v) is 5.36. The molecule has 2 heteroatoms. The van der Waals surface area contributed by atoms with Gasteiger partial charge in [-0.2, -0.15) is 0 Å². The standard InChI is InChI=1S/C12H12O2/c13-9-3-4-12(6-14-12)11-8-2-1-7(5-8)10(9)11/h1-4,7-8,10-11H,5-6H2. The SMILES string of the molecule is O=C1C=CC2(CO2)C2C3C=CC(C3)C12. The first-order chi connectivity index (χ1) is 6.80. The Hall–Kier alpha value is -0.890. The van der Waals surface area contributed by atoms with E-state index in [9.17, 15) is 4.79 Å². The van der Waals surface area contributed by atoms with Crippen LogP contribution in [0.1, 0.15) is 6.42 Å². The largest absolute Gasteiger partial charge is 0.365 e. The maximum absolute atomic E-state index is 11.8. The van der Waals surface area contributed by atoms with Crippen LogP contribution < -0.4 is 0 Å². The van der Waals surface area contributed by atoms with Crippen LogP contribution in [-0.2, 0) is 9.53 Å². The average molecular weight is 188 g/mol. The number of carbonyl (C=O) groups is 1. The van der Waals surface area contributed by atoms with E-state index in [1.807, 2.05) is 6.08 Å². The lowest BCUT2D eigenvalue weighted by Gasteiger charge is -2.32. The predicted octanol–water partition coefficient (Wildman–Crippen LogP) is 1.33. The molecule has 0 aromatic heterocycles. The summed E-state index contributed by atoms with van der Waals surface area (Å²) < 4.78 is 5.58. The number of allylic oxidation sites excluding steroid dienone is 3. The summed E-state index contributed by atoms with van der Waals surface area (Å²) in [6.45, 7) is 0.828. The lowest BCUT2D eigenvalue weighted by Crippen LogP contribution is -2.39. The molecular weight excluding hydrogens is 176 g/mol. The molecule has 0 N–H and O–H groups in total. The molecule has 1 saturated carbocycles. The van der Waals surface area contributed by atoms with Crippen LogP contribution in [0, 0.1) is 23.7 Å². The third-order valence-electron chi connectivity index (χ3n) is 4.36. The van der Waals surface area contributed by atoms with Crippen LogP contribution in [0.25, 0.3) is 0 Å². The topological polar surface area (TPSA) is 29.6 Å². The summed E-state index contributed by atoms with van der Waals surface area (Å²) in [5.41, 5.74) is -0.0389. The third-order valence-corrected chi connectivity index (χ3v) is 4.36. The van der Waals surface area contributed by atoms with Crippen LogP contribution >= 0.6 is 0 Å². The van der Waals surface area contributed by atoms with E-state index in [0.29, 0.717) is 23.5 Å². The van der Waals surface area contributed by atoms with Crippen molar-refractivity contribution in [1.29, 1.82) is 0 Å². The van der Waals surface area contributed by atoms with Crippen molar-refractivity contribution in [2.45, 2.75) is 12.0 Å². The fraction of sp³-hybridized carbons (Fsp3) is 0.583. The molecule has 1 spiro atoms. The Morgan fingerprint density at radius 1 is 1.36 bits per heavy atom. The lowest BCUT2D eigenvalue weighted by atomic mass is 9.70. The summed E-state index contributed by atoms with van der Waals surface area (Å²) in [4.78, 5) is 11.8. The van der Waals surface area contributed by atoms with Gasteiger partial charge in [0.05, 0.1) is 6.61 Å². The van der Waals surface area contributed by atoms with Gasteiger partial charge in [-0.1, -0.05) is 12.2 Å². The van der Waals surface area contributed by atoms with Crippen LogP contribution in [0.5, 0.6) is 0 Å². The highest BCUT2D eigenvalue weighted by Gasteiger charge is 2.63. The minimum Gasteiger partial charge on any atom is -0.365 e. The fourth-order valence-corrected chi connectivity index (χ4v) is 3.69. The van der Waals surface area contributed by atoms with Crippen molar-refractivity contribution in [3.63, 3.8) is 0 Å². The van der Waals surface area contributed by atoms with Crippen LogP contribution in [-0.4, -0.2) is 18.0 Å². The first kappa shape index (κ1) is 7.41. The highest BCUT2D eigenvalue weighted by Crippen LogP contribution is 2.59. The van der Waals surface area contributed by atoms with Gasteiger partial charge in [0.2, 0.25) is 0 Å². The zero-order valence-electron chi connectivity index (χ0n) is 7.85. The summed E-state index contributed by atoms with van der Waals surface area (Å²) >= 11 is 0. The minimum atomic E-state index is -0.0389. The van der Waals surface area contributed by atoms with Crippen molar-refractivity contribution in [3.8, 4) is 0 Å². The maximum Gasteiger partial charge on any atom is 0.159 e. The zero-order chi connectivity index (χ0) is 9.34. The van der Waals surface area contributed by atoms with Gasteiger partial charge in [0, 0.05) is 11.8 Å². The van der Waals surface area contributed by atoms with Crippen LogP contribution in [0.15, 0.2) is 24.3 Å². The van der Waals surface area contributed by atoms with Gasteiger partial charge in [-0.25, -0.2) is 0 Å². The van der Waals surface area contributed by atoms with E-state index in [-0.39, 0.29) is 11.5 Å². The van der Waals surface area contributed by atoms with Crippen molar-refractivity contribution in [3.05, 3.63) is 24.3 Å². The number of carbonyl (C=O) groups excluding carboxylic acids is 1. The number of rotatable bonds is 0. The second-order valence-corrected chi connectivity index (χ2v) is 4.98. The number of epoxide rings is 1. The Bertz CT molecular complexity index is 376. The van der Waals surface area contributed by atoms with Crippen molar-refractivity contribution in [2.75, 3.05) is 6.61 Å². The van der Waals surface area contributed by atoms with Crippen LogP contribution in [0.3, 0.4) is 0 Å². The molecule has 2 fully saturated rings. The molecule has 1 heterocycles. The molecule has 5 unspecified atom stereocenters. The third kappa shape index (κ3) is 0.672. The molecule has 5 atom stereocenters. The molecule has 2 bridgehead atoms. The Morgan fingerprint density at radius 3 is 2.93 bits per heavy atom. The van der Waals surface area contributed by atoms with Crippen molar-refractivity contribution in [1.82, 2.24) is 0 Å². The molecule has 0 amide bonds. The van der Waals surface area contributed by atoms with E-state index in [2.05, 4.69) is 12.2 Å². The maximum atomic E-state index is 11.8. The molecule has 0 aromatic carbocycles. The summed E-state index contributed by atoms with van der Waals surface area (Å²) in [6, 6.07) is 0. The van der Waals surface area contributed by atoms with Gasteiger partial charge in [0.15, 0.2) is 5.78 Å². The summed E-state index contributed by atoms with van der Waals surface area (Å²) in [6.07, 6.45) is 9.46. The quantitative estimate of drug-likeness (QED) is 0.424. The van der Waals surface area contributed by atoms with E-state index in [4.69, 9.17) is 4.74 Å². The fourth-order valence-electron chi connectivity index (χ4n) is 3.69. The molecule has 4 aliphatic rings. The van der Waals surface area contributed by atoms with Gasteiger partial charge in [-0.15, -0.1) is 0 Å². The van der Waals surface area contributed by atoms with E-state index < -0.39 is 0 Å².